The lowest BCUT2D eigenvalue weighted by Gasteiger charge is -1.92. The number of aliphatic hydroxyl groups is 1. The molecule has 0 aromatic rings. The van der Waals surface area contributed by atoms with E-state index in [1.165, 1.54) is 0 Å². The Hall–Kier alpha value is 0.350. The zero-order valence-electron chi connectivity index (χ0n) is 4.25. The van der Waals surface area contributed by atoms with E-state index in [9.17, 15) is 4.57 Å². The Balaban J connectivity index is 2.56. The van der Waals surface area contributed by atoms with Crippen molar-refractivity contribution < 1.29 is 9.67 Å². The van der Waals surface area contributed by atoms with Crippen molar-refractivity contribution in [2.24, 2.45) is 0 Å². The van der Waals surface area contributed by atoms with Gasteiger partial charge in [0.25, 0.3) is 5.12 Å². The van der Waals surface area contributed by atoms with Gasteiger partial charge in [-0.15, -0.1) is 0 Å². The third kappa shape index (κ3) is 1.02. The predicted octanol–water partition coefficient (Wildman–Crippen LogP) is 1.14. The molecule has 1 aliphatic rings. The average molecular weight is 154 g/mol. The first-order valence-corrected chi connectivity index (χ1v) is 4.43. The summed E-state index contributed by atoms with van der Waals surface area (Å²) in [6.07, 6.45) is 0.661. The van der Waals surface area contributed by atoms with E-state index < -0.39 is 19.0 Å². The summed E-state index contributed by atoms with van der Waals surface area (Å²) in [6.45, 7) is 0. The molecule has 1 N–H and O–H groups in total. The summed E-state index contributed by atoms with van der Waals surface area (Å²) in [6, 6.07) is 0. The molecule has 0 aliphatic carbocycles. The first-order chi connectivity index (χ1) is 3.72. The van der Waals surface area contributed by atoms with Gasteiger partial charge >= 0.3 is 7.80 Å². The average Bonchev–Trinajstić information content (AvgIpc) is 1.98. The van der Waals surface area contributed by atoms with Gasteiger partial charge in [-0.2, -0.15) is 0 Å². The fourth-order valence-electron chi connectivity index (χ4n) is 0.712. The molecular weight excluding hydrogens is 146 g/mol. The van der Waals surface area contributed by atoms with E-state index in [2.05, 4.69) is 0 Å². The van der Waals surface area contributed by atoms with Crippen molar-refractivity contribution in [3.05, 3.63) is 0 Å². The van der Waals surface area contributed by atoms with Crippen LogP contribution in [0.4, 0.5) is 0 Å². The quantitative estimate of drug-likeness (QED) is 0.419. The van der Waals surface area contributed by atoms with Crippen LogP contribution in [0, 0.1) is 0 Å². The number of rotatable bonds is 0. The molecule has 3 atom stereocenters. The van der Waals surface area contributed by atoms with E-state index in [4.69, 9.17) is 16.7 Å². The van der Waals surface area contributed by atoms with Gasteiger partial charge in [0.05, 0.1) is 0 Å². The zero-order valence-corrected chi connectivity index (χ0v) is 5.90. The van der Waals surface area contributed by atoms with Crippen LogP contribution in [0.3, 0.4) is 0 Å². The highest BCUT2D eigenvalue weighted by atomic mass is 35.5. The highest BCUT2D eigenvalue weighted by molar-refractivity contribution is 7.48. The summed E-state index contributed by atoms with van der Waals surface area (Å²) < 4.78 is 10.6. The smallest absolute Gasteiger partial charge is 0.360 e. The van der Waals surface area contributed by atoms with Gasteiger partial charge in [0.2, 0.25) is 0 Å². The van der Waals surface area contributed by atoms with Crippen LogP contribution in [-0.4, -0.2) is 22.5 Å². The molecule has 1 rings (SSSR count). The van der Waals surface area contributed by atoms with Crippen LogP contribution in [0.2, 0.25) is 0 Å². The Morgan fingerprint density at radius 2 is 2.38 bits per heavy atom. The maximum Gasteiger partial charge on any atom is 0.360 e. The maximum atomic E-state index is 10.6. The van der Waals surface area contributed by atoms with Crippen molar-refractivity contribution in [3.8, 4) is 0 Å². The lowest BCUT2D eigenvalue weighted by atomic mass is 10.3. The Labute approximate surface area is 53.6 Å². The van der Waals surface area contributed by atoms with Gasteiger partial charge in [0, 0.05) is 6.42 Å². The van der Waals surface area contributed by atoms with Gasteiger partial charge in [-0.1, -0.05) is 16.2 Å². The lowest BCUT2D eigenvalue weighted by molar-refractivity contribution is 0.193. The van der Waals surface area contributed by atoms with E-state index in [0.717, 1.165) is 0 Å². The van der Waals surface area contributed by atoms with Gasteiger partial charge in [-0.25, -0.2) is 0 Å². The minimum absolute atomic E-state index is 0.481. The number of hydrogen-bond acceptors (Lipinski definition) is 2. The Morgan fingerprint density at radius 3 is 2.50 bits per heavy atom. The van der Waals surface area contributed by atoms with Gasteiger partial charge in [-0.3, -0.25) is 0 Å². The topological polar surface area (TPSA) is 37.3 Å². The summed E-state index contributed by atoms with van der Waals surface area (Å²) in [5.41, 5.74) is 0. The summed E-state index contributed by atoms with van der Waals surface area (Å²) in [4.78, 5) is 0. The zero-order chi connectivity index (χ0) is 6.15. The third-order valence-corrected chi connectivity index (χ3v) is 3.78. The summed E-state index contributed by atoms with van der Waals surface area (Å²) in [5, 5.41) is 8.37. The molecule has 1 fully saturated rings. The molecule has 0 aromatic carbocycles. The summed E-state index contributed by atoms with van der Waals surface area (Å²) in [5.74, 6) is 0. The van der Waals surface area contributed by atoms with E-state index >= 15 is 0 Å². The Bertz CT molecular complexity index is 117. The van der Waals surface area contributed by atoms with Gasteiger partial charge in [-0.05, 0) is 0 Å². The lowest BCUT2D eigenvalue weighted by Crippen LogP contribution is -2.09. The van der Waals surface area contributed by atoms with E-state index in [-0.39, 0.29) is 0 Å². The van der Waals surface area contributed by atoms with Crippen LogP contribution in [0.15, 0.2) is 0 Å². The highest BCUT2D eigenvalue weighted by Crippen LogP contribution is 2.41. The molecule has 3 unspecified atom stereocenters. The molecule has 2 nitrogen and oxygen atoms in total. The van der Waals surface area contributed by atoms with Crippen LogP contribution in [0.5, 0.6) is 0 Å². The molecule has 1 heterocycles. The molecular formula is C4H7ClO2P+. The fraction of sp³-hybridized carbons (Fsp3) is 1.00. The molecule has 8 heavy (non-hydrogen) atoms. The summed E-state index contributed by atoms with van der Waals surface area (Å²) in [7, 11) is -1.30. The molecule has 4 heteroatoms. The van der Waals surface area contributed by atoms with Crippen molar-refractivity contribution in [2.75, 3.05) is 6.16 Å². The monoisotopic (exact) mass is 153 g/mol. The minimum Gasteiger partial charge on any atom is -0.387 e. The van der Waals surface area contributed by atoms with Gasteiger partial charge in [0.15, 0.2) is 0 Å². The molecule has 0 bridgehead atoms. The first kappa shape index (κ1) is 6.47. The van der Waals surface area contributed by atoms with E-state index in [1.54, 1.807) is 0 Å². The van der Waals surface area contributed by atoms with Gasteiger partial charge in [0.1, 0.15) is 12.3 Å². The molecule has 0 radical (unpaired) electrons. The van der Waals surface area contributed by atoms with Crippen LogP contribution in [-0.2, 0) is 4.57 Å². The summed E-state index contributed by atoms with van der Waals surface area (Å²) >= 11 is 5.48. The standard InChI is InChI=1S/C4H7ClO2P/c5-4-3(6)1-2-8(4)7/h3-4,6H,1-2H2/q+1. The van der Waals surface area contributed by atoms with Crippen LogP contribution < -0.4 is 0 Å². The number of hydrogen-bond donors (Lipinski definition) is 1. The molecule has 0 amide bonds. The number of alkyl halides is 1. The third-order valence-electron chi connectivity index (χ3n) is 1.24. The van der Waals surface area contributed by atoms with Crippen molar-refractivity contribution in [1.29, 1.82) is 0 Å². The van der Waals surface area contributed by atoms with Crippen LogP contribution in [0.25, 0.3) is 0 Å². The Morgan fingerprint density at radius 1 is 1.75 bits per heavy atom. The SMILES string of the molecule is O=[P+]1CCC(O)C1Cl. The maximum absolute atomic E-state index is 10.6. The Kier molecular flexibility index (Phi) is 1.86. The second-order valence-corrected chi connectivity index (χ2v) is 4.48. The predicted molar refractivity (Wildman–Crippen MR) is 32.7 cm³/mol. The molecule has 0 spiro atoms. The van der Waals surface area contributed by atoms with Crippen LogP contribution >= 0.6 is 19.4 Å². The normalized spacial score (nSPS) is 43.0. The van der Waals surface area contributed by atoms with Gasteiger partial charge < -0.3 is 5.11 Å². The van der Waals surface area contributed by atoms with E-state index in [1.807, 2.05) is 0 Å². The fourth-order valence-corrected chi connectivity index (χ4v) is 2.43. The largest absolute Gasteiger partial charge is 0.387 e. The first-order valence-electron chi connectivity index (χ1n) is 2.47. The second-order valence-electron chi connectivity index (χ2n) is 1.87. The number of halogens is 1. The van der Waals surface area contributed by atoms with Crippen molar-refractivity contribution in [2.45, 2.75) is 17.6 Å². The van der Waals surface area contributed by atoms with Crippen LogP contribution in [0.1, 0.15) is 6.42 Å². The molecule has 0 saturated carbocycles. The molecule has 1 saturated heterocycles. The number of aliphatic hydroxyl groups excluding tert-OH is 1. The molecule has 1 aliphatic heterocycles. The molecule has 46 valence electrons. The van der Waals surface area contributed by atoms with E-state index in [0.29, 0.717) is 12.6 Å². The van der Waals surface area contributed by atoms with Crippen molar-refractivity contribution in [3.63, 3.8) is 0 Å². The molecule has 0 aromatic heterocycles. The second kappa shape index (κ2) is 2.30. The van der Waals surface area contributed by atoms with Crippen molar-refractivity contribution in [1.82, 2.24) is 0 Å². The van der Waals surface area contributed by atoms with Crippen molar-refractivity contribution >= 4 is 19.4 Å². The minimum atomic E-state index is -1.30. The highest BCUT2D eigenvalue weighted by Gasteiger charge is 2.42.